The molecule has 0 aliphatic rings. The molecule has 13 heavy (non-hydrogen) atoms. The summed E-state index contributed by atoms with van der Waals surface area (Å²) in [7, 11) is 0. The normalized spacial score (nSPS) is 7.54. The van der Waals surface area contributed by atoms with Crippen LogP contribution in [0.3, 0.4) is 0 Å². The van der Waals surface area contributed by atoms with Gasteiger partial charge in [-0.1, -0.05) is 0 Å². The van der Waals surface area contributed by atoms with Crippen LogP contribution in [0.25, 0.3) is 0 Å². The van der Waals surface area contributed by atoms with Crippen LogP contribution < -0.4 is 0 Å². The van der Waals surface area contributed by atoms with E-state index in [9.17, 15) is 0 Å². The third-order valence-corrected chi connectivity index (χ3v) is 5.45. The molecule has 0 atom stereocenters. The molecule has 0 aliphatic carbocycles. The third-order valence-electron chi connectivity index (χ3n) is 1.41. The molecule has 0 nitrogen and oxygen atoms in total. The topological polar surface area (TPSA) is 0 Å². The van der Waals surface area contributed by atoms with E-state index < -0.39 is 0 Å². The van der Waals surface area contributed by atoms with Crippen molar-refractivity contribution in [3.05, 3.63) is 26.3 Å². The van der Waals surface area contributed by atoms with E-state index in [1.807, 2.05) is 0 Å². The first kappa shape index (κ1) is 18.9. The van der Waals surface area contributed by atoms with Crippen LogP contribution in [0.5, 0.6) is 0 Å². The van der Waals surface area contributed by atoms with Gasteiger partial charge in [0.1, 0.15) is 0 Å². The molecule has 78 valence electrons. The summed E-state index contributed by atoms with van der Waals surface area (Å²) < 4.78 is 3.25. The Hall–Kier alpha value is 0.279. The van der Waals surface area contributed by atoms with Gasteiger partial charge < -0.3 is 0 Å². The second-order valence-electron chi connectivity index (χ2n) is 2.46. The molecule has 0 rings (SSSR count). The van der Waals surface area contributed by atoms with Crippen LogP contribution in [0.4, 0.5) is 0 Å². The molecule has 0 unspecified atom stereocenters. The van der Waals surface area contributed by atoms with Gasteiger partial charge in [0.05, 0.1) is 0 Å². The minimum absolute atomic E-state index is 0.149. The molecule has 0 fully saturated rings. The standard InChI is InChI=1S/2C4H9.2C2H4.Sn/c2*1-3-4-2;2*1-2;/h2*1,3-4H2,2H3;2*1-2H2;. The first-order chi connectivity index (χ1) is 6.41. The van der Waals surface area contributed by atoms with Crippen LogP contribution in [-0.4, -0.2) is 21.1 Å². The molecule has 0 amide bonds. The second kappa shape index (κ2) is 29.5. The van der Waals surface area contributed by atoms with E-state index in [0.29, 0.717) is 0 Å². The molecular formula is C12H26Sn. The molecule has 0 heterocycles. The van der Waals surface area contributed by atoms with Crippen molar-refractivity contribution >= 4 is 21.1 Å². The summed E-state index contributed by atoms with van der Waals surface area (Å²) in [5, 5.41) is 0. The second-order valence-corrected chi connectivity index (χ2v) is 6.74. The maximum atomic E-state index is 3.00. The Morgan fingerprint density at radius 3 is 1.31 bits per heavy atom. The number of hydrogen-bond acceptors (Lipinski definition) is 0. The monoisotopic (exact) mass is 290 g/mol. The average molecular weight is 289 g/mol. The molecule has 0 bridgehead atoms. The van der Waals surface area contributed by atoms with Crippen molar-refractivity contribution in [3.8, 4) is 0 Å². The molecule has 0 aromatic heterocycles. The first-order valence-corrected chi connectivity index (χ1v) is 9.16. The van der Waals surface area contributed by atoms with E-state index in [1.54, 1.807) is 8.87 Å². The van der Waals surface area contributed by atoms with Gasteiger partial charge in [-0.15, -0.1) is 26.3 Å². The zero-order valence-corrected chi connectivity index (χ0v) is 12.4. The van der Waals surface area contributed by atoms with Crippen LogP contribution >= 0.6 is 0 Å². The van der Waals surface area contributed by atoms with Gasteiger partial charge in [0.15, 0.2) is 0 Å². The third kappa shape index (κ3) is 32.9. The Morgan fingerprint density at radius 1 is 0.769 bits per heavy atom. The Balaban J connectivity index is -0.000000218. The van der Waals surface area contributed by atoms with Crippen LogP contribution in [0.2, 0.25) is 8.87 Å². The number of rotatable bonds is 6. The van der Waals surface area contributed by atoms with Gasteiger partial charge in [-0.05, 0) is 0 Å². The summed E-state index contributed by atoms with van der Waals surface area (Å²) in [5.74, 6) is 0. The van der Waals surface area contributed by atoms with Crippen molar-refractivity contribution in [2.24, 2.45) is 0 Å². The summed E-state index contributed by atoms with van der Waals surface area (Å²) in [6.07, 6.45) is 5.84. The molecule has 0 saturated carbocycles. The Morgan fingerprint density at radius 2 is 1.08 bits per heavy atom. The predicted molar refractivity (Wildman–Crippen MR) is 67.7 cm³/mol. The fourth-order valence-electron chi connectivity index (χ4n) is 0.729. The Labute approximate surface area is 95.7 Å². The minimum atomic E-state index is 0.149. The van der Waals surface area contributed by atoms with Gasteiger partial charge in [0.25, 0.3) is 0 Å². The number of hydrogen-bond donors (Lipinski definition) is 0. The van der Waals surface area contributed by atoms with E-state index in [0.717, 1.165) is 0 Å². The van der Waals surface area contributed by atoms with Crippen molar-refractivity contribution in [1.29, 1.82) is 0 Å². The van der Waals surface area contributed by atoms with Gasteiger partial charge >= 0.3 is 69.5 Å². The summed E-state index contributed by atoms with van der Waals surface area (Å²) in [4.78, 5) is 0. The van der Waals surface area contributed by atoms with Crippen molar-refractivity contribution in [2.75, 3.05) is 0 Å². The van der Waals surface area contributed by atoms with Crippen LogP contribution in [0, 0.1) is 0 Å². The Kier molecular flexibility index (Phi) is 43.0. The SMILES string of the molecule is C=C.C=C.CCC[CH2][Sn][CH2]CCC. The van der Waals surface area contributed by atoms with E-state index in [4.69, 9.17) is 0 Å². The first-order valence-electron chi connectivity index (χ1n) is 5.12. The molecule has 1 heteroatoms. The average Bonchev–Trinajstić information content (AvgIpc) is 2.24. The van der Waals surface area contributed by atoms with Crippen molar-refractivity contribution in [2.45, 2.75) is 48.4 Å². The predicted octanol–water partition coefficient (Wildman–Crippen LogP) is 4.73. The van der Waals surface area contributed by atoms with Crippen LogP contribution in [0.1, 0.15) is 39.5 Å². The van der Waals surface area contributed by atoms with Crippen molar-refractivity contribution in [1.82, 2.24) is 0 Å². The van der Waals surface area contributed by atoms with Crippen molar-refractivity contribution in [3.63, 3.8) is 0 Å². The molecule has 0 saturated heterocycles. The Bertz CT molecular complexity index is 54.1. The molecule has 2 radical (unpaired) electrons. The van der Waals surface area contributed by atoms with Gasteiger partial charge in [0, 0.05) is 0 Å². The van der Waals surface area contributed by atoms with E-state index >= 15 is 0 Å². The summed E-state index contributed by atoms with van der Waals surface area (Å²) in [5.41, 5.74) is 0. The van der Waals surface area contributed by atoms with Gasteiger partial charge in [-0.2, -0.15) is 0 Å². The van der Waals surface area contributed by atoms with Crippen LogP contribution in [0.15, 0.2) is 26.3 Å². The fourth-order valence-corrected chi connectivity index (χ4v) is 4.89. The summed E-state index contributed by atoms with van der Waals surface area (Å²) in [6, 6.07) is 0. The zero-order valence-electron chi connectivity index (χ0n) is 9.57. The van der Waals surface area contributed by atoms with Crippen LogP contribution in [-0.2, 0) is 0 Å². The number of unbranched alkanes of at least 4 members (excludes halogenated alkanes) is 2. The fraction of sp³-hybridized carbons (Fsp3) is 0.667. The molecule has 0 aromatic carbocycles. The van der Waals surface area contributed by atoms with Gasteiger partial charge in [-0.3, -0.25) is 0 Å². The van der Waals surface area contributed by atoms with Crippen molar-refractivity contribution < 1.29 is 0 Å². The molecule has 0 aromatic rings. The maximum absolute atomic E-state index is 3.00. The summed E-state index contributed by atoms with van der Waals surface area (Å²) >= 11 is 0.149. The molecule has 0 aliphatic heterocycles. The summed E-state index contributed by atoms with van der Waals surface area (Å²) in [6.45, 7) is 16.6. The van der Waals surface area contributed by atoms with E-state index in [1.165, 1.54) is 25.7 Å². The molecule has 0 N–H and O–H groups in total. The van der Waals surface area contributed by atoms with E-state index in [2.05, 4.69) is 40.2 Å². The van der Waals surface area contributed by atoms with E-state index in [-0.39, 0.29) is 21.1 Å². The zero-order chi connectivity index (χ0) is 10.9. The molecule has 0 spiro atoms. The quantitative estimate of drug-likeness (QED) is 0.376. The molecular weight excluding hydrogens is 263 g/mol. The van der Waals surface area contributed by atoms with Gasteiger partial charge in [0.2, 0.25) is 0 Å². The van der Waals surface area contributed by atoms with Gasteiger partial charge in [-0.25, -0.2) is 0 Å².